The van der Waals surface area contributed by atoms with Crippen LogP contribution in [0.5, 0.6) is 0 Å². The second-order valence-electron chi connectivity index (χ2n) is 5.04. The fourth-order valence-corrected chi connectivity index (χ4v) is 2.28. The average molecular weight is 302 g/mol. The van der Waals surface area contributed by atoms with Gasteiger partial charge < -0.3 is 15.1 Å². The van der Waals surface area contributed by atoms with Crippen molar-refractivity contribution in [1.29, 1.82) is 0 Å². The summed E-state index contributed by atoms with van der Waals surface area (Å²) in [5, 5.41) is 6.90. The Balaban J connectivity index is 1.75. The van der Waals surface area contributed by atoms with Gasteiger partial charge in [0.2, 0.25) is 0 Å². The Morgan fingerprint density at radius 1 is 1.14 bits per heavy atom. The molecule has 0 aliphatic carbocycles. The first kappa shape index (κ1) is 15.6. The maximum Gasteiger partial charge on any atom is 0.171 e. The molecule has 4 heteroatoms. The van der Waals surface area contributed by atoms with Crippen LogP contribution in [0, 0.1) is 0 Å². The third-order valence-corrected chi connectivity index (χ3v) is 3.53. The van der Waals surface area contributed by atoms with Crippen molar-refractivity contribution in [3.63, 3.8) is 0 Å². The summed E-state index contributed by atoms with van der Waals surface area (Å²) in [5.41, 5.74) is 2.38. The van der Waals surface area contributed by atoms with Crippen molar-refractivity contribution in [3.8, 4) is 0 Å². The maximum atomic E-state index is 5.26. The van der Waals surface area contributed by atoms with E-state index in [0.29, 0.717) is 11.7 Å². The number of aryl methyl sites for hydroxylation is 1. The summed E-state index contributed by atoms with van der Waals surface area (Å²) >= 11 is 5.26. The zero-order chi connectivity index (χ0) is 14.9. The lowest BCUT2D eigenvalue weighted by Gasteiger charge is -2.10. The number of benzene rings is 1. The van der Waals surface area contributed by atoms with Crippen LogP contribution in [0.25, 0.3) is 0 Å². The second-order valence-corrected chi connectivity index (χ2v) is 5.45. The molecule has 2 aromatic rings. The van der Waals surface area contributed by atoms with Crippen LogP contribution in [-0.2, 0) is 13.0 Å². The molecule has 0 atom stereocenters. The minimum Gasteiger partial charge on any atom is -0.467 e. The molecule has 1 aromatic carbocycles. The highest BCUT2D eigenvalue weighted by molar-refractivity contribution is 7.80. The summed E-state index contributed by atoms with van der Waals surface area (Å²) in [6, 6.07) is 12.2. The first-order valence-corrected chi connectivity index (χ1v) is 7.85. The van der Waals surface area contributed by atoms with Gasteiger partial charge in [0.05, 0.1) is 12.8 Å². The molecule has 0 bridgehead atoms. The van der Waals surface area contributed by atoms with Gasteiger partial charge in [-0.3, -0.25) is 0 Å². The predicted octanol–water partition coefficient (Wildman–Crippen LogP) is 4.50. The molecule has 0 amide bonds. The minimum atomic E-state index is 0.591. The standard InChI is InChI=1S/C17H22N2OS/c1-2-3-4-6-14-8-10-15(11-9-14)19-17(21)18-13-16-7-5-12-20-16/h5,7-12H,2-4,6,13H2,1H3,(H2,18,19,21). The van der Waals surface area contributed by atoms with Crippen LogP contribution in [0.4, 0.5) is 5.69 Å². The molecule has 0 saturated carbocycles. The Hall–Kier alpha value is -1.81. The summed E-state index contributed by atoms with van der Waals surface area (Å²) < 4.78 is 5.25. The first-order chi connectivity index (χ1) is 10.3. The number of rotatable bonds is 7. The van der Waals surface area contributed by atoms with E-state index in [0.717, 1.165) is 17.9 Å². The number of nitrogens with one attached hydrogen (secondary N) is 2. The van der Waals surface area contributed by atoms with E-state index in [2.05, 4.69) is 41.8 Å². The number of furan rings is 1. The Kier molecular flexibility index (Phi) is 6.28. The number of hydrogen-bond donors (Lipinski definition) is 2. The molecule has 0 unspecified atom stereocenters. The van der Waals surface area contributed by atoms with Crippen molar-refractivity contribution in [2.45, 2.75) is 39.2 Å². The number of anilines is 1. The number of unbranched alkanes of at least 4 members (excludes halogenated alkanes) is 2. The van der Waals surface area contributed by atoms with Crippen LogP contribution in [0.1, 0.15) is 37.5 Å². The number of thiocarbonyl (C=S) groups is 1. The van der Waals surface area contributed by atoms with Crippen LogP contribution >= 0.6 is 12.2 Å². The smallest absolute Gasteiger partial charge is 0.171 e. The highest BCUT2D eigenvalue weighted by Crippen LogP contribution is 2.12. The molecule has 1 aromatic heterocycles. The van der Waals surface area contributed by atoms with E-state index in [4.69, 9.17) is 16.6 Å². The van der Waals surface area contributed by atoms with Crippen LogP contribution in [-0.4, -0.2) is 5.11 Å². The van der Waals surface area contributed by atoms with Crippen molar-refractivity contribution >= 4 is 23.0 Å². The van der Waals surface area contributed by atoms with Gasteiger partial charge in [-0.15, -0.1) is 0 Å². The third-order valence-electron chi connectivity index (χ3n) is 3.28. The molecule has 112 valence electrons. The van der Waals surface area contributed by atoms with Gasteiger partial charge in [-0.2, -0.15) is 0 Å². The highest BCUT2D eigenvalue weighted by atomic mass is 32.1. The van der Waals surface area contributed by atoms with Gasteiger partial charge in [-0.05, 0) is 54.9 Å². The van der Waals surface area contributed by atoms with Crippen LogP contribution in [0.15, 0.2) is 47.1 Å². The zero-order valence-corrected chi connectivity index (χ0v) is 13.2. The molecule has 21 heavy (non-hydrogen) atoms. The molecule has 2 N–H and O–H groups in total. The van der Waals surface area contributed by atoms with Crippen LogP contribution < -0.4 is 10.6 Å². The average Bonchev–Trinajstić information content (AvgIpc) is 3.01. The Morgan fingerprint density at radius 3 is 2.62 bits per heavy atom. The van der Waals surface area contributed by atoms with Gasteiger partial charge in [0.1, 0.15) is 5.76 Å². The summed E-state index contributed by atoms with van der Waals surface area (Å²) in [6.07, 6.45) is 6.61. The third kappa shape index (κ3) is 5.60. The molecule has 0 saturated heterocycles. The molecule has 0 radical (unpaired) electrons. The van der Waals surface area contributed by atoms with Gasteiger partial charge in [0, 0.05) is 5.69 Å². The molecule has 2 rings (SSSR count). The van der Waals surface area contributed by atoms with Gasteiger partial charge >= 0.3 is 0 Å². The quantitative estimate of drug-likeness (QED) is 0.583. The summed E-state index contributed by atoms with van der Waals surface area (Å²) in [7, 11) is 0. The Morgan fingerprint density at radius 2 is 1.95 bits per heavy atom. The lowest BCUT2D eigenvalue weighted by Crippen LogP contribution is -2.27. The van der Waals surface area contributed by atoms with E-state index in [1.807, 2.05) is 12.1 Å². The van der Waals surface area contributed by atoms with E-state index in [9.17, 15) is 0 Å². The monoisotopic (exact) mass is 302 g/mol. The van der Waals surface area contributed by atoms with Gasteiger partial charge in [0.15, 0.2) is 5.11 Å². The van der Waals surface area contributed by atoms with E-state index in [1.165, 1.54) is 24.8 Å². The fraction of sp³-hybridized carbons (Fsp3) is 0.353. The molecular weight excluding hydrogens is 280 g/mol. The lowest BCUT2D eigenvalue weighted by atomic mass is 10.1. The topological polar surface area (TPSA) is 37.2 Å². The largest absolute Gasteiger partial charge is 0.467 e. The highest BCUT2D eigenvalue weighted by Gasteiger charge is 2.00. The summed E-state index contributed by atoms with van der Waals surface area (Å²) in [5.74, 6) is 0.866. The van der Waals surface area contributed by atoms with Crippen molar-refractivity contribution < 1.29 is 4.42 Å². The molecule has 0 fully saturated rings. The van der Waals surface area contributed by atoms with E-state index >= 15 is 0 Å². The van der Waals surface area contributed by atoms with E-state index in [-0.39, 0.29) is 0 Å². The van der Waals surface area contributed by atoms with Gasteiger partial charge in [-0.1, -0.05) is 31.9 Å². The summed E-state index contributed by atoms with van der Waals surface area (Å²) in [4.78, 5) is 0. The Bertz CT molecular complexity index is 534. The van der Waals surface area contributed by atoms with Crippen LogP contribution in [0.3, 0.4) is 0 Å². The second kappa shape index (κ2) is 8.47. The van der Waals surface area contributed by atoms with Crippen molar-refractivity contribution in [3.05, 3.63) is 54.0 Å². The van der Waals surface area contributed by atoms with Crippen molar-refractivity contribution in [2.24, 2.45) is 0 Å². The normalized spacial score (nSPS) is 10.3. The van der Waals surface area contributed by atoms with Crippen molar-refractivity contribution in [2.75, 3.05) is 5.32 Å². The van der Waals surface area contributed by atoms with Crippen molar-refractivity contribution in [1.82, 2.24) is 5.32 Å². The number of hydrogen-bond acceptors (Lipinski definition) is 2. The SMILES string of the molecule is CCCCCc1ccc(NC(=S)NCc2ccco2)cc1. The van der Waals surface area contributed by atoms with Gasteiger partial charge in [-0.25, -0.2) is 0 Å². The molecule has 1 heterocycles. The molecule has 0 aliphatic heterocycles. The molecule has 0 spiro atoms. The fourth-order valence-electron chi connectivity index (χ4n) is 2.09. The first-order valence-electron chi connectivity index (χ1n) is 7.44. The van der Waals surface area contributed by atoms with Gasteiger partial charge in [0.25, 0.3) is 0 Å². The van der Waals surface area contributed by atoms with E-state index < -0.39 is 0 Å². The minimum absolute atomic E-state index is 0.591. The molecule has 0 aliphatic rings. The van der Waals surface area contributed by atoms with Crippen LogP contribution in [0.2, 0.25) is 0 Å². The Labute approximate surface area is 131 Å². The predicted molar refractivity (Wildman–Crippen MR) is 91.4 cm³/mol. The summed E-state index contributed by atoms with van der Waals surface area (Å²) in [6.45, 7) is 2.82. The molecular formula is C17H22N2OS. The molecule has 3 nitrogen and oxygen atoms in total. The zero-order valence-electron chi connectivity index (χ0n) is 12.4. The maximum absolute atomic E-state index is 5.26. The lowest BCUT2D eigenvalue weighted by molar-refractivity contribution is 0.503. The van der Waals surface area contributed by atoms with E-state index in [1.54, 1.807) is 6.26 Å².